The number of amides is 4. The highest BCUT2D eigenvalue weighted by Crippen LogP contribution is 2.35. The van der Waals surface area contributed by atoms with Crippen LogP contribution in [0.2, 0.25) is 0 Å². The van der Waals surface area contributed by atoms with Gasteiger partial charge in [-0.3, -0.25) is 14.9 Å². The fourth-order valence-corrected chi connectivity index (χ4v) is 2.53. The summed E-state index contributed by atoms with van der Waals surface area (Å²) in [5.41, 5.74) is -0.813. The molecular formula is C15H18N2O4. The molecule has 0 saturated carbocycles. The van der Waals surface area contributed by atoms with Crippen molar-refractivity contribution in [3.63, 3.8) is 0 Å². The number of nitrogens with zero attached hydrogens (tertiary/aromatic N) is 1. The molecule has 1 saturated heterocycles. The fourth-order valence-electron chi connectivity index (χ4n) is 2.53. The molecule has 0 unspecified atom stereocenters. The van der Waals surface area contributed by atoms with Crippen molar-refractivity contribution < 1.29 is 19.1 Å². The minimum Gasteiger partial charge on any atom is -0.497 e. The average Bonchev–Trinajstić information content (AvgIpc) is 2.48. The van der Waals surface area contributed by atoms with Crippen molar-refractivity contribution in [2.24, 2.45) is 5.41 Å². The van der Waals surface area contributed by atoms with Crippen LogP contribution in [0.1, 0.15) is 26.7 Å². The number of carbonyl (C=O) groups is 3. The predicted molar refractivity (Wildman–Crippen MR) is 77.0 cm³/mol. The molecule has 0 aromatic heterocycles. The summed E-state index contributed by atoms with van der Waals surface area (Å²) in [4.78, 5) is 37.9. The molecule has 1 heterocycles. The molecule has 1 N–H and O–H groups in total. The summed E-state index contributed by atoms with van der Waals surface area (Å²) in [6.07, 6.45) is 0.670. The molecule has 1 aromatic rings. The van der Waals surface area contributed by atoms with Crippen LogP contribution >= 0.6 is 0 Å². The van der Waals surface area contributed by atoms with E-state index < -0.39 is 23.3 Å². The van der Waals surface area contributed by atoms with Gasteiger partial charge in [-0.25, -0.2) is 9.69 Å². The Morgan fingerprint density at radius 2 is 1.86 bits per heavy atom. The third kappa shape index (κ3) is 2.26. The summed E-state index contributed by atoms with van der Waals surface area (Å²) in [5.74, 6) is -0.486. The van der Waals surface area contributed by atoms with E-state index in [0.29, 0.717) is 24.3 Å². The molecule has 0 spiro atoms. The number of benzene rings is 1. The standard InChI is InChI=1S/C15H18N2O4/c1-4-15(5-2)12(18)16-14(20)17(13(15)19)10-7-6-8-11(9-10)21-3/h6-9H,4-5H2,1-3H3,(H,16,18,20). The van der Waals surface area contributed by atoms with Gasteiger partial charge in [0.1, 0.15) is 11.2 Å². The molecule has 0 atom stereocenters. The Morgan fingerprint density at radius 1 is 1.19 bits per heavy atom. The van der Waals surface area contributed by atoms with Crippen molar-refractivity contribution in [1.29, 1.82) is 0 Å². The molecule has 2 rings (SSSR count). The molecular weight excluding hydrogens is 272 g/mol. The van der Waals surface area contributed by atoms with Crippen molar-refractivity contribution in [2.45, 2.75) is 26.7 Å². The van der Waals surface area contributed by atoms with Crippen LogP contribution in [0.5, 0.6) is 5.75 Å². The van der Waals surface area contributed by atoms with Crippen molar-refractivity contribution >= 4 is 23.5 Å². The highest BCUT2D eigenvalue weighted by molar-refractivity contribution is 6.29. The second kappa shape index (κ2) is 5.55. The second-order valence-electron chi connectivity index (χ2n) is 4.89. The lowest BCUT2D eigenvalue weighted by Gasteiger charge is -2.38. The number of carbonyl (C=O) groups excluding carboxylic acids is 3. The molecule has 1 fully saturated rings. The minimum absolute atomic E-state index is 0.335. The molecule has 6 heteroatoms. The number of methoxy groups -OCH3 is 1. The van der Waals surface area contributed by atoms with Gasteiger partial charge in [0.15, 0.2) is 0 Å². The van der Waals surface area contributed by atoms with E-state index in [1.54, 1.807) is 38.1 Å². The van der Waals surface area contributed by atoms with Gasteiger partial charge in [0.05, 0.1) is 12.8 Å². The minimum atomic E-state index is -1.20. The number of hydrogen-bond donors (Lipinski definition) is 1. The third-order valence-electron chi connectivity index (χ3n) is 3.99. The molecule has 1 aliphatic rings. The average molecular weight is 290 g/mol. The summed E-state index contributed by atoms with van der Waals surface area (Å²) in [5, 5.41) is 2.27. The maximum absolute atomic E-state index is 12.7. The van der Waals surface area contributed by atoms with Gasteiger partial charge >= 0.3 is 6.03 Å². The Labute approximate surface area is 123 Å². The van der Waals surface area contributed by atoms with E-state index in [9.17, 15) is 14.4 Å². The van der Waals surface area contributed by atoms with Gasteiger partial charge in [0.25, 0.3) is 5.91 Å². The number of hydrogen-bond acceptors (Lipinski definition) is 4. The number of imide groups is 2. The molecule has 1 aliphatic heterocycles. The smallest absolute Gasteiger partial charge is 0.335 e. The Balaban J connectivity index is 2.49. The van der Waals surface area contributed by atoms with Crippen LogP contribution in [0, 0.1) is 5.41 Å². The number of anilines is 1. The zero-order chi connectivity index (χ0) is 15.6. The topological polar surface area (TPSA) is 75.7 Å². The predicted octanol–water partition coefficient (Wildman–Crippen LogP) is 2.08. The summed E-state index contributed by atoms with van der Waals surface area (Å²) < 4.78 is 5.11. The van der Waals surface area contributed by atoms with Crippen LogP contribution in [-0.4, -0.2) is 25.0 Å². The fraction of sp³-hybridized carbons (Fsp3) is 0.400. The molecule has 0 aliphatic carbocycles. The molecule has 21 heavy (non-hydrogen) atoms. The number of barbiturate groups is 1. The maximum atomic E-state index is 12.7. The van der Waals surface area contributed by atoms with E-state index in [1.807, 2.05) is 0 Å². The second-order valence-corrected chi connectivity index (χ2v) is 4.89. The third-order valence-corrected chi connectivity index (χ3v) is 3.99. The molecule has 4 amide bonds. The summed E-state index contributed by atoms with van der Waals surface area (Å²) in [6, 6.07) is 5.89. The van der Waals surface area contributed by atoms with Crippen molar-refractivity contribution in [1.82, 2.24) is 5.32 Å². The molecule has 6 nitrogen and oxygen atoms in total. The van der Waals surface area contributed by atoms with Gasteiger partial charge in [-0.05, 0) is 25.0 Å². The van der Waals surface area contributed by atoms with E-state index in [0.717, 1.165) is 4.90 Å². The lowest BCUT2D eigenvalue weighted by Crippen LogP contribution is -2.63. The Kier molecular flexibility index (Phi) is 3.97. The Bertz CT molecular complexity index is 593. The van der Waals surface area contributed by atoms with Crippen LogP contribution in [0.3, 0.4) is 0 Å². The molecule has 0 radical (unpaired) electrons. The largest absolute Gasteiger partial charge is 0.497 e. The van der Waals surface area contributed by atoms with Crippen LogP contribution in [-0.2, 0) is 9.59 Å². The highest BCUT2D eigenvalue weighted by Gasteiger charge is 2.51. The maximum Gasteiger partial charge on any atom is 0.335 e. The number of rotatable bonds is 4. The van der Waals surface area contributed by atoms with Gasteiger partial charge in [-0.2, -0.15) is 0 Å². The van der Waals surface area contributed by atoms with Gasteiger partial charge < -0.3 is 4.74 Å². The van der Waals surface area contributed by atoms with E-state index in [-0.39, 0.29) is 0 Å². The van der Waals surface area contributed by atoms with Crippen LogP contribution < -0.4 is 15.0 Å². The SMILES string of the molecule is CCC1(CC)C(=O)NC(=O)N(c2cccc(OC)c2)C1=O. The number of ether oxygens (including phenoxy) is 1. The lowest BCUT2D eigenvalue weighted by atomic mass is 9.78. The first-order valence-electron chi connectivity index (χ1n) is 6.84. The first-order chi connectivity index (χ1) is 10.00. The first-order valence-corrected chi connectivity index (χ1v) is 6.84. The van der Waals surface area contributed by atoms with Gasteiger partial charge in [-0.1, -0.05) is 19.9 Å². The van der Waals surface area contributed by atoms with Crippen molar-refractivity contribution in [3.8, 4) is 5.75 Å². The summed E-state index contributed by atoms with van der Waals surface area (Å²) in [6.45, 7) is 3.53. The van der Waals surface area contributed by atoms with Gasteiger partial charge in [-0.15, -0.1) is 0 Å². The normalized spacial score (nSPS) is 17.7. The van der Waals surface area contributed by atoms with Gasteiger partial charge in [0.2, 0.25) is 5.91 Å². The molecule has 1 aromatic carbocycles. The van der Waals surface area contributed by atoms with Crippen molar-refractivity contribution in [3.05, 3.63) is 24.3 Å². The monoisotopic (exact) mass is 290 g/mol. The van der Waals surface area contributed by atoms with Crippen LogP contribution in [0.15, 0.2) is 24.3 Å². The lowest BCUT2D eigenvalue weighted by molar-refractivity contribution is -0.143. The van der Waals surface area contributed by atoms with E-state index >= 15 is 0 Å². The summed E-state index contributed by atoms with van der Waals surface area (Å²) >= 11 is 0. The van der Waals surface area contributed by atoms with Crippen LogP contribution in [0.25, 0.3) is 0 Å². The van der Waals surface area contributed by atoms with E-state index in [4.69, 9.17) is 4.74 Å². The van der Waals surface area contributed by atoms with Gasteiger partial charge in [0, 0.05) is 6.07 Å². The quantitative estimate of drug-likeness (QED) is 0.861. The van der Waals surface area contributed by atoms with E-state index in [2.05, 4.69) is 5.32 Å². The Hall–Kier alpha value is -2.37. The number of nitrogens with one attached hydrogen (secondary N) is 1. The number of urea groups is 1. The molecule has 0 bridgehead atoms. The van der Waals surface area contributed by atoms with Crippen molar-refractivity contribution in [2.75, 3.05) is 12.0 Å². The Morgan fingerprint density at radius 3 is 2.43 bits per heavy atom. The highest BCUT2D eigenvalue weighted by atomic mass is 16.5. The first kappa shape index (κ1) is 15.0. The summed E-state index contributed by atoms with van der Waals surface area (Å²) in [7, 11) is 1.50. The zero-order valence-electron chi connectivity index (χ0n) is 12.3. The zero-order valence-corrected chi connectivity index (χ0v) is 12.3. The molecule has 112 valence electrons. The van der Waals surface area contributed by atoms with E-state index in [1.165, 1.54) is 7.11 Å². The van der Waals surface area contributed by atoms with Crippen LogP contribution in [0.4, 0.5) is 10.5 Å².